The lowest BCUT2D eigenvalue weighted by Gasteiger charge is -2.14. The van der Waals surface area contributed by atoms with Crippen LogP contribution in [0.15, 0.2) is 67.4 Å². The van der Waals surface area contributed by atoms with Gasteiger partial charge in [0.25, 0.3) is 0 Å². The number of pyridine rings is 1. The third-order valence-electron chi connectivity index (χ3n) is 6.12. The van der Waals surface area contributed by atoms with Gasteiger partial charge in [0.05, 0.1) is 18.0 Å². The van der Waals surface area contributed by atoms with E-state index in [1.807, 2.05) is 55.5 Å². The van der Waals surface area contributed by atoms with E-state index in [0.29, 0.717) is 36.1 Å². The van der Waals surface area contributed by atoms with Crippen LogP contribution >= 0.6 is 0 Å². The highest BCUT2D eigenvalue weighted by molar-refractivity contribution is 5.98. The van der Waals surface area contributed by atoms with Crippen LogP contribution in [0.3, 0.4) is 0 Å². The Morgan fingerprint density at radius 3 is 2.83 bits per heavy atom. The number of nitrogens with one attached hydrogen (secondary N) is 2. The normalized spacial score (nSPS) is 15.3. The quantitative estimate of drug-likeness (QED) is 0.364. The number of nitrogens with zero attached hydrogens (tertiary/aromatic N) is 5. The average Bonchev–Trinajstić information content (AvgIpc) is 3.58. The van der Waals surface area contributed by atoms with Gasteiger partial charge in [0, 0.05) is 35.6 Å². The second-order valence-electron chi connectivity index (χ2n) is 8.64. The molecule has 36 heavy (non-hydrogen) atoms. The van der Waals surface area contributed by atoms with Gasteiger partial charge in [0.15, 0.2) is 5.65 Å². The van der Waals surface area contributed by atoms with Crippen LogP contribution in [0.2, 0.25) is 0 Å². The molecule has 2 N–H and O–H groups in total. The summed E-state index contributed by atoms with van der Waals surface area (Å²) in [6.45, 7) is 3.07. The van der Waals surface area contributed by atoms with Crippen molar-refractivity contribution in [2.75, 3.05) is 23.8 Å². The molecule has 0 saturated carbocycles. The number of fused-ring (bicyclic) bond motifs is 2. The second kappa shape index (κ2) is 9.23. The minimum atomic E-state index is -0.118. The highest BCUT2D eigenvalue weighted by Crippen LogP contribution is 2.31. The monoisotopic (exact) mass is 481 g/mol. The largest absolute Gasteiger partial charge is 0.457 e. The number of carbonyl (C=O) groups excluding carboxylic acids is 1. The van der Waals surface area contributed by atoms with Gasteiger partial charge in [-0.1, -0.05) is 0 Å². The molecule has 10 heteroatoms. The zero-order chi connectivity index (χ0) is 24.5. The maximum atomic E-state index is 12.5. The lowest BCUT2D eigenvalue weighted by Crippen LogP contribution is -2.22. The molecular formula is C26H23N7O3. The molecule has 1 fully saturated rings. The fourth-order valence-electron chi connectivity index (χ4n) is 4.19. The minimum Gasteiger partial charge on any atom is -0.457 e. The number of anilines is 3. The van der Waals surface area contributed by atoms with Crippen LogP contribution < -0.4 is 15.4 Å². The molecular weight excluding hydrogens is 458 g/mol. The summed E-state index contributed by atoms with van der Waals surface area (Å²) in [6, 6.07) is 15.1. The predicted molar refractivity (Wildman–Crippen MR) is 135 cm³/mol. The molecule has 4 heterocycles. The number of rotatable bonds is 6. The third kappa shape index (κ3) is 4.41. The maximum absolute atomic E-state index is 12.5. The van der Waals surface area contributed by atoms with Crippen LogP contribution in [0.4, 0.5) is 17.2 Å². The van der Waals surface area contributed by atoms with E-state index >= 15 is 0 Å². The SMILES string of the molecule is Cc1cc(Nc2ncnc3ccc(NC(=O)C4CCOC4)cc23)ccc1Oc1ccn2ncnc2c1. The molecule has 1 unspecified atom stereocenters. The van der Waals surface area contributed by atoms with Crippen LogP contribution in [0.5, 0.6) is 11.5 Å². The van der Waals surface area contributed by atoms with Crippen molar-refractivity contribution in [3.63, 3.8) is 0 Å². The first-order chi connectivity index (χ1) is 17.6. The molecule has 1 aliphatic heterocycles. The van der Waals surface area contributed by atoms with Crippen molar-refractivity contribution in [3.8, 4) is 11.5 Å². The predicted octanol–water partition coefficient (Wildman–Crippen LogP) is 4.49. The smallest absolute Gasteiger partial charge is 0.229 e. The van der Waals surface area contributed by atoms with Gasteiger partial charge in [-0.15, -0.1) is 0 Å². The van der Waals surface area contributed by atoms with Crippen molar-refractivity contribution in [2.45, 2.75) is 13.3 Å². The summed E-state index contributed by atoms with van der Waals surface area (Å²) in [5, 5.41) is 11.3. The summed E-state index contributed by atoms with van der Waals surface area (Å²) < 4.78 is 13.1. The fraction of sp³-hybridized carbons (Fsp3) is 0.192. The molecule has 0 radical (unpaired) electrons. The van der Waals surface area contributed by atoms with E-state index < -0.39 is 0 Å². The Morgan fingerprint density at radius 1 is 1.06 bits per heavy atom. The molecule has 0 aliphatic carbocycles. The van der Waals surface area contributed by atoms with E-state index in [4.69, 9.17) is 9.47 Å². The van der Waals surface area contributed by atoms with E-state index in [2.05, 4.69) is 30.7 Å². The van der Waals surface area contributed by atoms with E-state index in [0.717, 1.165) is 34.3 Å². The summed E-state index contributed by atoms with van der Waals surface area (Å²) in [6.07, 6.45) is 5.57. The lowest BCUT2D eigenvalue weighted by atomic mass is 10.1. The summed E-state index contributed by atoms with van der Waals surface area (Å²) in [4.78, 5) is 25.5. The van der Waals surface area contributed by atoms with E-state index in [1.165, 1.54) is 12.7 Å². The first-order valence-electron chi connectivity index (χ1n) is 11.6. The van der Waals surface area contributed by atoms with Gasteiger partial charge < -0.3 is 20.1 Å². The number of carbonyl (C=O) groups is 1. The molecule has 0 spiro atoms. The number of hydrogen-bond donors (Lipinski definition) is 2. The standard InChI is InChI=1S/C26H23N7O3/c1-16-10-18(3-5-23(16)36-20-6-8-33-24(12-20)28-15-30-33)31-25-21-11-19(2-4-22(21)27-14-29-25)32-26(34)17-7-9-35-13-17/h2-6,8,10-12,14-15,17H,7,9,13H2,1H3,(H,32,34)(H,27,29,31). The molecule has 1 aliphatic rings. The Morgan fingerprint density at radius 2 is 1.97 bits per heavy atom. The first kappa shape index (κ1) is 21.9. The molecule has 1 atom stereocenters. The number of benzene rings is 2. The molecule has 5 aromatic rings. The molecule has 2 aromatic carbocycles. The number of hydrogen-bond acceptors (Lipinski definition) is 8. The van der Waals surface area contributed by atoms with Crippen LogP contribution in [-0.2, 0) is 9.53 Å². The number of amides is 1. The van der Waals surface area contributed by atoms with Gasteiger partial charge in [-0.2, -0.15) is 5.10 Å². The van der Waals surface area contributed by atoms with Gasteiger partial charge in [-0.3, -0.25) is 4.79 Å². The Bertz CT molecular complexity index is 1580. The van der Waals surface area contributed by atoms with Crippen molar-refractivity contribution >= 4 is 39.6 Å². The van der Waals surface area contributed by atoms with Crippen LogP contribution in [0.1, 0.15) is 12.0 Å². The molecule has 180 valence electrons. The van der Waals surface area contributed by atoms with Gasteiger partial charge in [0.1, 0.15) is 30.0 Å². The van der Waals surface area contributed by atoms with Crippen molar-refractivity contribution in [1.29, 1.82) is 0 Å². The topological polar surface area (TPSA) is 116 Å². The third-order valence-corrected chi connectivity index (χ3v) is 6.12. The highest BCUT2D eigenvalue weighted by atomic mass is 16.5. The molecule has 1 saturated heterocycles. The van der Waals surface area contributed by atoms with Crippen molar-refractivity contribution in [3.05, 3.63) is 72.9 Å². The Kier molecular flexibility index (Phi) is 5.62. The van der Waals surface area contributed by atoms with Crippen molar-refractivity contribution in [2.24, 2.45) is 5.92 Å². The summed E-state index contributed by atoms with van der Waals surface area (Å²) in [7, 11) is 0. The zero-order valence-electron chi connectivity index (χ0n) is 19.5. The van der Waals surface area contributed by atoms with E-state index in [-0.39, 0.29) is 11.8 Å². The minimum absolute atomic E-state index is 0.0346. The Labute approximate surface area is 206 Å². The summed E-state index contributed by atoms with van der Waals surface area (Å²) in [5.41, 5.74) is 3.99. The average molecular weight is 482 g/mol. The van der Waals surface area contributed by atoms with Gasteiger partial charge in [-0.05, 0) is 61.4 Å². The fourth-order valence-corrected chi connectivity index (χ4v) is 4.19. The Hall–Kier alpha value is -4.57. The van der Waals surface area contributed by atoms with Crippen LogP contribution in [0.25, 0.3) is 16.6 Å². The Balaban J connectivity index is 1.22. The second-order valence-corrected chi connectivity index (χ2v) is 8.64. The molecule has 1 amide bonds. The number of ether oxygens (including phenoxy) is 2. The molecule has 3 aromatic heterocycles. The first-order valence-corrected chi connectivity index (χ1v) is 11.6. The summed E-state index contributed by atoms with van der Waals surface area (Å²) >= 11 is 0. The maximum Gasteiger partial charge on any atom is 0.229 e. The lowest BCUT2D eigenvalue weighted by molar-refractivity contribution is -0.119. The molecule has 0 bridgehead atoms. The molecule has 10 nitrogen and oxygen atoms in total. The van der Waals surface area contributed by atoms with Gasteiger partial charge in [-0.25, -0.2) is 19.5 Å². The molecule has 6 rings (SSSR count). The van der Waals surface area contributed by atoms with Crippen molar-refractivity contribution in [1.82, 2.24) is 24.6 Å². The van der Waals surface area contributed by atoms with Crippen molar-refractivity contribution < 1.29 is 14.3 Å². The van der Waals surface area contributed by atoms with E-state index in [9.17, 15) is 4.79 Å². The van der Waals surface area contributed by atoms with Crippen LogP contribution in [0, 0.1) is 12.8 Å². The zero-order valence-corrected chi connectivity index (χ0v) is 19.5. The van der Waals surface area contributed by atoms with Gasteiger partial charge >= 0.3 is 0 Å². The van der Waals surface area contributed by atoms with Gasteiger partial charge in [0.2, 0.25) is 5.91 Å². The number of aryl methyl sites for hydroxylation is 1. The number of aromatic nitrogens is 5. The summed E-state index contributed by atoms with van der Waals surface area (Å²) in [5.74, 6) is 1.91. The van der Waals surface area contributed by atoms with E-state index in [1.54, 1.807) is 10.7 Å². The highest BCUT2D eigenvalue weighted by Gasteiger charge is 2.23. The van der Waals surface area contributed by atoms with Crippen LogP contribution in [-0.4, -0.2) is 43.7 Å².